The van der Waals surface area contributed by atoms with Gasteiger partial charge in [-0.05, 0) is 32.9 Å². The van der Waals surface area contributed by atoms with Gasteiger partial charge in [0.25, 0.3) is 0 Å². The fourth-order valence-corrected chi connectivity index (χ4v) is 0.821. The van der Waals surface area contributed by atoms with E-state index in [2.05, 4.69) is 15.4 Å². The van der Waals surface area contributed by atoms with Crippen LogP contribution in [0.1, 0.15) is 33.5 Å². The molecule has 0 fully saturated rings. The van der Waals surface area contributed by atoms with Crippen LogP contribution in [0.4, 0.5) is 0 Å². The summed E-state index contributed by atoms with van der Waals surface area (Å²) in [7, 11) is 0. The molecule has 0 aliphatic rings. The minimum atomic E-state index is -0.179. The van der Waals surface area contributed by atoms with Gasteiger partial charge in [-0.2, -0.15) is 4.80 Å². The lowest BCUT2D eigenvalue weighted by molar-refractivity contribution is -0.116. The van der Waals surface area contributed by atoms with Gasteiger partial charge in [0.05, 0.1) is 12.0 Å². The van der Waals surface area contributed by atoms with Crippen molar-refractivity contribution in [1.29, 1.82) is 0 Å². The Bertz CT molecular complexity index is 310. The number of carbonyl (C=O) groups excluding carboxylic acids is 1. The van der Waals surface area contributed by atoms with Gasteiger partial charge in [0, 0.05) is 0 Å². The zero-order chi connectivity index (χ0) is 10.1. The summed E-state index contributed by atoms with van der Waals surface area (Å²) in [5.74, 6) is 0.538. The van der Waals surface area contributed by atoms with Crippen molar-refractivity contribution in [3.8, 4) is 0 Å². The van der Waals surface area contributed by atoms with E-state index in [1.54, 1.807) is 0 Å². The van der Waals surface area contributed by atoms with E-state index in [9.17, 15) is 4.79 Å². The number of hydrogen-bond acceptors (Lipinski definition) is 4. The lowest BCUT2D eigenvalue weighted by Gasteiger charge is -2.15. The van der Waals surface area contributed by atoms with E-state index in [0.29, 0.717) is 5.82 Å². The van der Waals surface area contributed by atoms with Crippen LogP contribution in [-0.4, -0.2) is 26.0 Å². The molecular formula is C8H14N4O. The fourth-order valence-electron chi connectivity index (χ4n) is 0.821. The molecule has 0 saturated heterocycles. The van der Waals surface area contributed by atoms with Gasteiger partial charge in [0.15, 0.2) is 5.82 Å². The summed E-state index contributed by atoms with van der Waals surface area (Å²) in [5.41, 5.74) is -0.179. The highest BCUT2D eigenvalue weighted by Crippen LogP contribution is 2.08. The van der Waals surface area contributed by atoms with E-state index in [1.807, 2.05) is 20.8 Å². The Morgan fingerprint density at radius 1 is 1.46 bits per heavy atom. The first-order valence-electron chi connectivity index (χ1n) is 4.18. The van der Waals surface area contributed by atoms with Crippen molar-refractivity contribution in [3.63, 3.8) is 0 Å². The Balaban J connectivity index is 2.81. The van der Waals surface area contributed by atoms with Gasteiger partial charge in [-0.25, -0.2) is 0 Å². The van der Waals surface area contributed by atoms with Gasteiger partial charge < -0.3 is 0 Å². The van der Waals surface area contributed by atoms with Crippen molar-refractivity contribution in [2.45, 2.75) is 39.7 Å². The number of nitrogens with zero attached hydrogens (tertiary/aromatic N) is 4. The van der Waals surface area contributed by atoms with E-state index in [4.69, 9.17) is 0 Å². The summed E-state index contributed by atoms with van der Waals surface area (Å²) in [4.78, 5) is 12.3. The largest absolute Gasteiger partial charge is 0.300 e. The number of Topliss-reactive ketones (excluding diaryl/α,β-unsaturated/α-hetero) is 1. The van der Waals surface area contributed by atoms with E-state index in [-0.39, 0.29) is 17.7 Å². The average Bonchev–Trinajstić information content (AvgIpc) is 2.32. The smallest absolute Gasteiger partial charge is 0.182 e. The molecule has 0 atom stereocenters. The summed E-state index contributed by atoms with van der Waals surface area (Å²) in [6.45, 7) is 7.45. The molecule has 0 bridgehead atoms. The van der Waals surface area contributed by atoms with Crippen molar-refractivity contribution in [3.05, 3.63) is 5.82 Å². The first-order valence-corrected chi connectivity index (χ1v) is 4.18. The lowest BCUT2D eigenvalue weighted by atomic mass is 10.1. The van der Waals surface area contributed by atoms with E-state index in [0.717, 1.165) is 0 Å². The Labute approximate surface area is 77.1 Å². The zero-order valence-corrected chi connectivity index (χ0v) is 8.40. The molecule has 1 aromatic heterocycles. The molecule has 1 heterocycles. The maximum absolute atomic E-state index is 10.8. The van der Waals surface area contributed by atoms with Crippen LogP contribution in [0.25, 0.3) is 0 Å². The van der Waals surface area contributed by atoms with E-state index < -0.39 is 0 Å². The molecule has 5 heteroatoms. The van der Waals surface area contributed by atoms with Crippen molar-refractivity contribution < 1.29 is 4.79 Å². The van der Waals surface area contributed by atoms with E-state index >= 15 is 0 Å². The van der Waals surface area contributed by atoms with Crippen molar-refractivity contribution in [2.24, 2.45) is 0 Å². The van der Waals surface area contributed by atoms with Crippen LogP contribution >= 0.6 is 0 Å². The SMILES string of the molecule is CC(=O)Cc1nnn(C(C)(C)C)n1. The van der Waals surface area contributed by atoms with Gasteiger partial charge in [-0.1, -0.05) is 0 Å². The molecule has 0 amide bonds. The van der Waals surface area contributed by atoms with Crippen LogP contribution < -0.4 is 0 Å². The van der Waals surface area contributed by atoms with Gasteiger partial charge in [-0.15, -0.1) is 10.2 Å². The number of aromatic nitrogens is 4. The first-order chi connectivity index (χ1) is 5.89. The maximum Gasteiger partial charge on any atom is 0.182 e. The standard InChI is InChI=1S/C8H14N4O/c1-6(13)5-7-9-11-12(10-7)8(2,3)4/h5H2,1-4H3. The van der Waals surface area contributed by atoms with Crippen LogP contribution in [0.2, 0.25) is 0 Å². The summed E-state index contributed by atoms with van der Waals surface area (Å²) >= 11 is 0. The van der Waals surface area contributed by atoms with Crippen LogP contribution in [0.3, 0.4) is 0 Å². The van der Waals surface area contributed by atoms with Crippen LogP contribution in [-0.2, 0) is 16.8 Å². The normalized spacial score (nSPS) is 11.7. The summed E-state index contributed by atoms with van der Waals surface area (Å²) in [6, 6.07) is 0. The molecule has 72 valence electrons. The highest BCUT2D eigenvalue weighted by atomic mass is 16.1. The third-order valence-electron chi connectivity index (χ3n) is 1.46. The molecule has 0 unspecified atom stereocenters. The van der Waals surface area contributed by atoms with Crippen molar-refractivity contribution >= 4 is 5.78 Å². The second-order valence-electron chi connectivity index (χ2n) is 4.04. The van der Waals surface area contributed by atoms with Crippen LogP contribution in [0, 0.1) is 0 Å². The highest BCUT2D eigenvalue weighted by molar-refractivity contribution is 5.77. The molecule has 1 rings (SSSR count). The number of tetrazole rings is 1. The second-order valence-corrected chi connectivity index (χ2v) is 4.04. The molecule has 0 radical (unpaired) electrons. The first kappa shape index (κ1) is 9.83. The molecule has 0 saturated carbocycles. The average molecular weight is 182 g/mol. The number of rotatable bonds is 2. The van der Waals surface area contributed by atoms with Gasteiger partial charge >= 0.3 is 0 Å². The van der Waals surface area contributed by atoms with Gasteiger partial charge in [-0.3, -0.25) is 4.79 Å². The van der Waals surface area contributed by atoms with E-state index in [1.165, 1.54) is 11.7 Å². The molecule has 0 aliphatic carbocycles. The lowest BCUT2D eigenvalue weighted by Crippen LogP contribution is -2.24. The second kappa shape index (κ2) is 3.24. The van der Waals surface area contributed by atoms with Crippen molar-refractivity contribution in [2.75, 3.05) is 0 Å². The quantitative estimate of drug-likeness (QED) is 0.670. The number of carbonyl (C=O) groups is 1. The molecule has 0 N–H and O–H groups in total. The molecule has 0 aromatic carbocycles. The Kier molecular flexibility index (Phi) is 2.45. The minimum Gasteiger partial charge on any atom is -0.300 e. The zero-order valence-electron chi connectivity index (χ0n) is 8.40. The number of hydrogen-bond donors (Lipinski definition) is 0. The highest BCUT2D eigenvalue weighted by Gasteiger charge is 2.17. The molecule has 0 spiro atoms. The summed E-state index contributed by atoms with van der Waals surface area (Å²) in [6.07, 6.45) is 0.260. The monoisotopic (exact) mass is 182 g/mol. The molecule has 13 heavy (non-hydrogen) atoms. The third kappa shape index (κ3) is 2.61. The Morgan fingerprint density at radius 3 is 2.46 bits per heavy atom. The van der Waals surface area contributed by atoms with Crippen LogP contribution in [0.5, 0.6) is 0 Å². The molecule has 0 aliphatic heterocycles. The molecular weight excluding hydrogens is 168 g/mol. The minimum absolute atomic E-state index is 0.0495. The van der Waals surface area contributed by atoms with Gasteiger partial charge in [0.1, 0.15) is 5.78 Å². The summed E-state index contributed by atoms with van der Waals surface area (Å²) in [5, 5.41) is 11.7. The Hall–Kier alpha value is -1.26. The number of ketones is 1. The predicted molar refractivity (Wildman–Crippen MR) is 47.2 cm³/mol. The topological polar surface area (TPSA) is 60.7 Å². The fraction of sp³-hybridized carbons (Fsp3) is 0.750. The Morgan fingerprint density at radius 2 is 2.08 bits per heavy atom. The third-order valence-corrected chi connectivity index (χ3v) is 1.46. The summed E-state index contributed by atoms with van der Waals surface area (Å²) < 4.78 is 0. The predicted octanol–water partition coefficient (Wildman–Crippen LogP) is 0.560. The van der Waals surface area contributed by atoms with Gasteiger partial charge in [0.2, 0.25) is 0 Å². The van der Waals surface area contributed by atoms with Crippen LogP contribution in [0.15, 0.2) is 0 Å². The molecule has 1 aromatic rings. The maximum atomic E-state index is 10.8. The molecule has 5 nitrogen and oxygen atoms in total. The van der Waals surface area contributed by atoms with Crippen molar-refractivity contribution in [1.82, 2.24) is 20.2 Å².